The summed E-state index contributed by atoms with van der Waals surface area (Å²) >= 11 is 0. The first-order chi connectivity index (χ1) is 6.06. The molecule has 0 rings (SSSR count). The van der Waals surface area contributed by atoms with Gasteiger partial charge in [0.25, 0.3) is 0 Å². The summed E-state index contributed by atoms with van der Waals surface area (Å²) in [5.74, 6) is 0.705. The zero-order chi connectivity index (χ0) is 10.3. The topological polar surface area (TPSA) is 44.1 Å². The standard InChI is InChI=1S/C10H18N2O/c1-9(2)7-12(6-4-5-11)8-10(3)13/h9H,4,6-8H2,1-3H3. The van der Waals surface area contributed by atoms with Gasteiger partial charge in [0.15, 0.2) is 0 Å². The number of ketones is 1. The molecule has 0 amide bonds. The number of carbonyl (C=O) groups excluding carboxylic acids is 1. The van der Waals surface area contributed by atoms with Gasteiger partial charge in [-0.05, 0) is 12.8 Å². The van der Waals surface area contributed by atoms with Crippen LogP contribution in [-0.2, 0) is 4.79 Å². The molecule has 0 aliphatic heterocycles. The highest BCUT2D eigenvalue weighted by molar-refractivity contribution is 5.77. The number of carbonyl (C=O) groups is 1. The molecule has 0 heterocycles. The molecule has 0 aromatic rings. The van der Waals surface area contributed by atoms with E-state index < -0.39 is 0 Å². The van der Waals surface area contributed by atoms with Gasteiger partial charge in [-0.15, -0.1) is 0 Å². The molecule has 13 heavy (non-hydrogen) atoms. The van der Waals surface area contributed by atoms with Gasteiger partial charge in [-0.25, -0.2) is 0 Å². The van der Waals surface area contributed by atoms with Crippen LogP contribution in [0.5, 0.6) is 0 Å². The van der Waals surface area contributed by atoms with Crippen molar-refractivity contribution in [1.82, 2.24) is 4.90 Å². The van der Waals surface area contributed by atoms with Crippen LogP contribution in [0.1, 0.15) is 27.2 Å². The first-order valence-electron chi connectivity index (χ1n) is 4.65. The fourth-order valence-electron chi connectivity index (χ4n) is 1.27. The predicted molar refractivity (Wildman–Crippen MR) is 52.2 cm³/mol. The van der Waals surface area contributed by atoms with Crippen molar-refractivity contribution in [3.8, 4) is 6.07 Å². The Labute approximate surface area is 80.3 Å². The maximum atomic E-state index is 10.9. The highest BCUT2D eigenvalue weighted by Gasteiger charge is 2.08. The molecule has 0 saturated carbocycles. The highest BCUT2D eigenvalue weighted by Crippen LogP contribution is 1.99. The Morgan fingerprint density at radius 3 is 2.54 bits per heavy atom. The average molecular weight is 182 g/mol. The molecule has 0 aromatic heterocycles. The van der Waals surface area contributed by atoms with E-state index in [4.69, 9.17) is 5.26 Å². The summed E-state index contributed by atoms with van der Waals surface area (Å²) < 4.78 is 0. The van der Waals surface area contributed by atoms with E-state index in [1.54, 1.807) is 6.92 Å². The van der Waals surface area contributed by atoms with E-state index in [9.17, 15) is 4.79 Å². The maximum absolute atomic E-state index is 10.9. The quantitative estimate of drug-likeness (QED) is 0.624. The summed E-state index contributed by atoms with van der Waals surface area (Å²) in [4.78, 5) is 12.9. The highest BCUT2D eigenvalue weighted by atomic mass is 16.1. The fourth-order valence-corrected chi connectivity index (χ4v) is 1.27. The molecule has 3 nitrogen and oxygen atoms in total. The van der Waals surface area contributed by atoms with Crippen LogP contribution in [0.15, 0.2) is 0 Å². The van der Waals surface area contributed by atoms with Crippen LogP contribution in [0.25, 0.3) is 0 Å². The van der Waals surface area contributed by atoms with E-state index in [1.165, 1.54) is 0 Å². The zero-order valence-corrected chi connectivity index (χ0v) is 8.71. The second-order valence-corrected chi connectivity index (χ2v) is 3.74. The number of nitriles is 1. The Balaban J connectivity index is 3.88. The molecule has 0 fully saturated rings. The molecule has 0 atom stereocenters. The summed E-state index contributed by atoms with van der Waals surface area (Å²) in [6.07, 6.45) is 0.500. The second-order valence-electron chi connectivity index (χ2n) is 3.74. The van der Waals surface area contributed by atoms with Crippen molar-refractivity contribution < 1.29 is 4.79 Å². The Kier molecular flexibility index (Phi) is 6.17. The van der Waals surface area contributed by atoms with Crippen LogP contribution in [0.2, 0.25) is 0 Å². The predicted octanol–water partition coefficient (Wildman–Crippen LogP) is 1.45. The van der Waals surface area contributed by atoms with E-state index in [2.05, 4.69) is 19.9 Å². The average Bonchev–Trinajstić information content (AvgIpc) is 1.98. The minimum Gasteiger partial charge on any atom is -0.299 e. The van der Waals surface area contributed by atoms with Crippen LogP contribution < -0.4 is 0 Å². The van der Waals surface area contributed by atoms with E-state index in [0.29, 0.717) is 25.4 Å². The normalized spacial score (nSPS) is 10.5. The minimum absolute atomic E-state index is 0.165. The van der Waals surface area contributed by atoms with E-state index in [1.807, 2.05) is 4.90 Å². The first-order valence-corrected chi connectivity index (χ1v) is 4.65. The number of rotatable bonds is 6. The SMILES string of the molecule is CC(=O)CN(CCC#N)CC(C)C. The van der Waals surface area contributed by atoms with Gasteiger partial charge in [-0.1, -0.05) is 13.8 Å². The van der Waals surface area contributed by atoms with Gasteiger partial charge in [0.1, 0.15) is 5.78 Å². The molecular weight excluding hydrogens is 164 g/mol. The largest absolute Gasteiger partial charge is 0.299 e. The smallest absolute Gasteiger partial charge is 0.143 e. The molecule has 0 saturated heterocycles. The summed E-state index contributed by atoms with van der Waals surface area (Å²) in [5, 5.41) is 8.42. The lowest BCUT2D eigenvalue weighted by Gasteiger charge is -2.21. The molecule has 0 aliphatic carbocycles. The van der Waals surface area contributed by atoms with Crippen LogP contribution >= 0.6 is 0 Å². The van der Waals surface area contributed by atoms with Crippen molar-refractivity contribution >= 4 is 5.78 Å². The molecule has 0 aliphatic rings. The van der Waals surface area contributed by atoms with Gasteiger partial charge >= 0.3 is 0 Å². The lowest BCUT2D eigenvalue weighted by Crippen LogP contribution is -2.32. The molecule has 3 heteroatoms. The van der Waals surface area contributed by atoms with Crippen molar-refractivity contribution in [3.05, 3.63) is 0 Å². The minimum atomic E-state index is 0.165. The summed E-state index contributed by atoms with van der Waals surface area (Å²) in [6, 6.07) is 2.09. The molecule has 74 valence electrons. The van der Waals surface area contributed by atoms with Gasteiger partial charge in [0.2, 0.25) is 0 Å². The second kappa shape index (κ2) is 6.62. The monoisotopic (exact) mass is 182 g/mol. The van der Waals surface area contributed by atoms with Crippen LogP contribution in [-0.4, -0.2) is 30.3 Å². The lowest BCUT2D eigenvalue weighted by molar-refractivity contribution is -0.118. The summed E-state index contributed by atoms with van der Waals surface area (Å²) in [7, 11) is 0. The third-order valence-corrected chi connectivity index (χ3v) is 1.61. The Bertz CT molecular complexity index is 194. The first kappa shape index (κ1) is 12.1. The van der Waals surface area contributed by atoms with Gasteiger partial charge in [-0.2, -0.15) is 5.26 Å². The molecule has 0 radical (unpaired) electrons. The van der Waals surface area contributed by atoms with Crippen molar-refractivity contribution in [2.45, 2.75) is 27.2 Å². The fraction of sp³-hybridized carbons (Fsp3) is 0.800. The van der Waals surface area contributed by atoms with E-state index in [-0.39, 0.29) is 5.78 Å². The maximum Gasteiger partial charge on any atom is 0.143 e. The third-order valence-electron chi connectivity index (χ3n) is 1.61. The molecular formula is C10H18N2O. The van der Waals surface area contributed by atoms with Gasteiger partial charge in [0, 0.05) is 19.5 Å². The molecule has 0 unspecified atom stereocenters. The van der Waals surface area contributed by atoms with Crippen molar-refractivity contribution in [2.24, 2.45) is 5.92 Å². The number of nitrogens with zero attached hydrogens (tertiary/aromatic N) is 2. The van der Waals surface area contributed by atoms with Crippen molar-refractivity contribution in [1.29, 1.82) is 5.26 Å². The lowest BCUT2D eigenvalue weighted by atomic mass is 10.2. The summed E-state index contributed by atoms with van der Waals surface area (Å²) in [5.41, 5.74) is 0. The van der Waals surface area contributed by atoms with Crippen molar-refractivity contribution in [2.75, 3.05) is 19.6 Å². The van der Waals surface area contributed by atoms with Gasteiger partial charge in [0.05, 0.1) is 12.6 Å². The molecule has 0 bridgehead atoms. The Morgan fingerprint density at radius 2 is 2.15 bits per heavy atom. The van der Waals surface area contributed by atoms with E-state index in [0.717, 1.165) is 6.54 Å². The van der Waals surface area contributed by atoms with Crippen molar-refractivity contribution in [3.63, 3.8) is 0 Å². The number of hydrogen-bond donors (Lipinski definition) is 0. The van der Waals surface area contributed by atoms with Crippen LogP contribution in [0, 0.1) is 17.2 Å². The molecule has 0 aromatic carbocycles. The van der Waals surface area contributed by atoms with E-state index >= 15 is 0 Å². The number of Topliss-reactive ketones (excluding diaryl/α,β-unsaturated/α-hetero) is 1. The van der Waals surface area contributed by atoms with Crippen LogP contribution in [0.3, 0.4) is 0 Å². The summed E-state index contributed by atoms with van der Waals surface area (Å²) in [6.45, 7) is 7.87. The Hall–Kier alpha value is -0.880. The molecule has 0 N–H and O–H groups in total. The third kappa shape index (κ3) is 7.48. The zero-order valence-electron chi connectivity index (χ0n) is 8.71. The number of hydrogen-bond acceptors (Lipinski definition) is 3. The van der Waals surface area contributed by atoms with Crippen LogP contribution in [0.4, 0.5) is 0 Å². The Morgan fingerprint density at radius 1 is 1.54 bits per heavy atom. The van der Waals surface area contributed by atoms with Gasteiger partial charge in [-0.3, -0.25) is 9.69 Å². The molecule has 0 spiro atoms. The van der Waals surface area contributed by atoms with Gasteiger partial charge < -0.3 is 0 Å².